The highest BCUT2D eigenvalue weighted by atomic mass is 35.5. The normalized spacial score (nSPS) is 27.0. The van der Waals surface area contributed by atoms with Gasteiger partial charge in [-0.15, -0.1) is 0 Å². The number of rotatable bonds is 4. The van der Waals surface area contributed by atoms with Gasteiger partial charge in [0.2, 0.25) is 0 Å². The Labute approximate surface area is 167 Å². The Morgan fingerprint density at radius 1 is 0.885 bits per heavy atom. The van der Waals surface area contributed by atoms with Gasteiger partial charge in [-0.2, -0.15) is 0 Å². The molecule has 2 heterocycles. The Bertz CT molecular complexity index is 724. The minimum absolute atomic E-state index is 0.366. The molecule has 0 amide bonds. The Kier molecular flexibility index (Phi) is 5.07. The molecular weight excluding hydrogens is 361 g/mol. The van der Waals surface area contributed by atoms with Crippen molar-refractivity contribution in [3.63, 3.8) is 0 Å². The zero-order valence-electron chi connectivity index (χ0n) is 15.7. The lowest BCUT2D eigenvalue weighted by molar-refractivity contribution is -0.931. The zero-order valence-corrected chi connectivity index (χ0v) is 17.2. The van der Waals surface area contributed by atoms with E-state index in [1.54, 1.807) is 0 Å². The molecule has 2 aromatic carbocycles. The van der Waals surface area contributed by atoms with Crippen molar-refractivity contribution in [2.75, 3.05) is 14.1 Å². The number of halogens is 2. The van der Waals surface area contributed by atoms with Gasteiger partial charge in [0, 0.05) is 41.6 Å². The lowest BCUT2D eigenvalue weighted by atomic mass is 9.78. The van der Waals surface area contributed by atoms with Crippen LogP contribution in [0.4, 0.5) is 0 Å². The first-order valence-corrected chi connectivity index (χ1v) is 10.5. The molecule has 0 radical (unpaired) electrons. The third-order valence-electron chi connectivity index (χ3n) is 7.00. The maximum Gasteiger partial charge on any atom is 0.0893 e. The molecule has 2 saturated heterocycles. The summed E-state index contributed by atoms with van der Waals surface area (Å²) in [6.07, 6.45) is 6.68. The van der Waals surface area contributed by atoms with Gasteiger partial charge in [-0.1, -0.05) is 47.5 Å². The van der Waals surface area contributed by atoms with Crippen LogP contribution < -0.4 is 0 Å². The predicted octanol–water partition coefficient (Wildman–Crippen LogP) is 6.53. The summed E-state index contributed by atoms with van der Waals surface area (Å²) in [5.41, 5.74) is 2.62. The van der Waals surface area contributed by atoms with Crippen molar-refractivity contribution in [1.29, 1.82) is 0 Å². The summed E-state index contributed by atoms with van der Waals surface area (Å²) in [5.74, 6) is 1.15. The topological polar surface area (TPSA) is 0 Å². The third-order valence-corrected chi connectivity index (χ3v) is 7.47. The third kappa shape index (κ3) is 3.54. The van der Waals surface area contributed by atoms with Gasteiger partial charge < -0.3 is 4.48 Å². The number of piperidine rings is 1. The van der Waals surface area contributed by atoms with Crippen LogP contribution in [0.25, 0.3) is 0 Å². The summed E-state index contributed by atoms with van der Waals surface area (Å²) < 4.78 is 1.23. The van der Waals surface area contributed by atoms with E-state index in [0.29, 0.717) is 5.92 Å². The lowest BCUT2D eigenvalue weighted by Crippen LogP contribution is -2.54. The van der Waals surface area contributed by atoms with Crippen molar-refractivity contribution in [3.8, 4) is 0 Å². The van der Waals surface area contributed by atoms with Crippen LogP contribution in [0.15, 0.2) is 48.5 Å². The van der Waals surface area contributed by atoms with Gasteiger partial charge in [-0.05, 0) is 47.7 Å². The van der Waals surface area contributed by atoms with E-state index in [-0.39, 0.29) is 0 Å². The van der Waals surface area contributed by atoms with Crippen LogP contribution in [0.2, 0.25) is 10.0 Å². The van der Waals surface area contributed by atoms with Crippen LogP contribution in [-0.2, 0) is 0 Å². The fraction of sp³-hybridized carbons (Fsp3) is 0.478. The van der Waals surface area contributed by atoms with Gasteiger partial charge >= 0.3 is 0 Å². The fourth-order valence-corrected chi connectivity index (χ4v) is 5.83. The van der Waals surface area contributed by atoms with E-state index >= 15 is 0 Å². The molecule has 1 nitrogen and oxygen atoms in total. The van der Waals surface area contributed by atoms with Crippen molar-refractivity contribution in [2.24, 2.45) is 5.92 Å². The number of hydrogen-bond donors (Lipinski definition) is 0. The monoisotopic (exact) mass is 388 g/mol. The molecule has 4 rings (SSSR count). The number of benzene rings is 2. The standard InChI is InChI=1S/C23H28Cl2N/c1-26(2)21-9-10-22(26)12-16(11-21)13-23(17-5-3-7-19(24)14-17)18-6-4-8-20(25)15-18/h3-8,14-16,21-23H,9-13H2,1-2H3/q+1/t16?,21-,22+. The quantitative estimate of drug-likeness (QED) is 0.522. The first-order valence-electron chi connectivity index (χ1n) is 9.77. The Balaban J connectivity index is 1.62. The van der Waals surface area contributed by atoms with Gasteiger partial charge in [0.1, 0.15) is 0 Å². The van der Waals surface area contributed by atoms with Gasteiger partial charge in [0.15, 0.2) is 0 Å². The molecule has 0 saturated carbocycles. The molecule has 0 aliphatic carbocycles. The van der Waals surface area contributed by atoms with Crippen LogP contribution in [0, 0.1) is 5.92 Å². The predicted molar refractivity (Wildman–Crippen MR) is 111 cm³/mol. The van der Waals surface area contributed by atoms with Crippen molar-refractivity contribution < 1.29 is 4.48 Å². The molecule has 138 valence electrons. The van der Waals surface area contributed by atoms with E-state index in [1.165, 1.54) is 47.7 Å². The smallest absolute Gasteiger partial charge is 0.0893 e. The van der Waals surface area contributed by atoms with Crippen LogP contribution in [0.3, 0.4) is 0 Å². The van der Waals surface area contributed by atoms with Crippen LogP contribution in [-0.4, -0.2) is 30.7 Å². The SMILES string of the molecule is C[N+]1(C)[C@@H]2CC[C@H]1CC(CC(c1cccc(Cl)c1)c1cccc(Cl)c1)C2. The number of nitrogens with zero attached hydrogens (tertiary/aromatic N) is 1. The van der Waals surface area contributed by atoms with E-state index in [4.69, 9.17) is 23.2 Å². The Morgan fingerprint density at radius 2 is 1.38 bits per heavy atom. The molecular formula is C23H28Cl2N+. The molecule has 2 fully saturated rings. The van der Waals surface area contributed by atoms with Gasteiger partial charge in [-0.25, -0.2) is 0 Å². The molecule has 3 atom stereocenters. The number of quaternary nitrogens is 1. The first-order chi connectivity index (χ1) is 12.4. The van der Waals surface area contributed by atoms with E-state index in [0.717, 1.165) is 28.0 Å². The van der Waals surface area contributed by atoms with E-state index in [1.807, 2.05) is 12.1 Å². The summed E-state index contributed by atoms with van der Waals surface area (Å²) >= 11 is 12.6. The van der Waals surface area contributed by atoms with Crippen LogP contribution >= 0.6 is 23.2 Å². The van der Waals surface area contributed by atoms with Crippen LogP contribution in [0.5, 0.6) is 0 Å². The average molecular weight is 389 g/mol. The summed E-state index contributed by atoms with van der Waals surface area (Å²) in [7, 11) is 4.87. The average Bonchev–Trinajstić information content (AvgIpc) is 2.77. The minimum atomic E-state index is 0.366. The minimum Gasteiger partial charge on any atom is -0.324 e. The Morgan fingerprint density at radius 3 is 1.85 bits per heavy atom. The second-order valence-corrected chi connectivity index (χ2v) is 9.62. The second kappa shape index (κ2) is 7.19. The summed E-state index contributed by atoms with van der Waals surface area (Å²) in [4.78, 5) is 0. The van der Waals surface area contributed by atoms with E-state index in [2.05, 4.69) is 50.5 Å². The van der Waals surface area contributed by atoms with Gasteiger partial charge in [-0.3, -0.25) is 0 Å². The molecule has 0 spiro atoms. The summed E-state index contributed by atoms with van der Waals surface area (Å²) in [6, 6.07) is 18.4. The molecule has 0 N–H and O–H groups in total. The van der Waals surface area contributed by atoms with Crippen molar-refractivity contribution in [3.05, 3.63) is 69.7 Å². The summed E-state index contributed by atoms with van der Waals surface area (Å²) in [5, 5.41) is 1.63. The molecule has 2 aromatic rings. The first kappa shape index (κ1) is 18.3. The van der Waals surface area contributed by atoms with Gasteiger partial charge in [0.05, 0.1) is 26.2 Å². The van der Waals surface area contributed by atoms with Crippen molar-refractivity contribution in [1.82, 2.24) is 0 Å². The maximum atomic E-state index is 6.32. The van der Waals surface area contributed by atoms with E-state index < -0.39 is 0 Å². The highest BCUT2D eigenvalue weighted by molar-refractivity contribution is 6.31. The second-order valence-electron chi connectivity index (χ2n) is 8.75. The molecule has 2 aliphatic heterocycles. The van der Waals surface area contributed by atoms with Crippen molar-refractivity contribution in [2.45, 2.75) is 50.1 Å². The summed E-state index contributed by atoms with van der Waals surface area (Å²) in [6.45, 7) is 0. The molecule has 1 unspecified atom stereocenters. The Hall–Kier alpha value is -1.02. The van der Waals surface area contributed by atoms with Gasteiger partial charge in [0.25, 0.3) is 0 Å². The largest absolute Gasteiger partial charge is 0.324 e. The van der Waals surface area contributed by atoms with E-state index in [9.17, 15) is 0 Å². The molecule has 2 aliphatic rings. The molecule has 26 heavy (non-hydrogen) atoms. The number of fused-ring (bicyclic) bond motifs is 2. The highest BCUT2D eigenvalue weighted by Gasteiger charge is 2.48. The maximum absolute atomic E-state index is 6.32. The fourth-order valence-electron chi connectivity index (χ4n) is 5.43. The van der Waals surface area contributed by atoms with Crippen molar-refractivity contribution >= 4 is 23.2 Å². The highest BCUT2D eigenvalue weighted by Crippen LogP contribution is 2.46. The molecule has 0 aromatic heterocycles. The molecule has 2 bridgehead atoms. The zero-order chi connectivity index (χ0) is 18.3. The lowest BCUT2D eigenvalue weighted by Gasteiger charge is -2.45. The van der Waals surface area contributed by atoms with Crippen LogP contribution in [0.1, 0.15) is 49.1 Å². The molecule has 3 heteroatoms. The number of hydrogen-bond acceptors (Lipinski definition) is 0.